The van der Waals surface area contributed by atoms with Crippen LogP contribution in [0.3, 0.4) is 0 Å². The number of thiocarbonyl (C=S) groups is 1. The van der Waals surface area contributed by atoms with Gasteiger partial charge in [-0.15, -0.1) is 0 Å². The maximum absolute atomic E-state index is 14.9. The highest BCUT2D eigenvalue weighted by molar-refractivity contribution is 7.80. The number of pyridine rings is 1. The first-order valence-corrected chi connectivity index (χ1v) is 11.1. The van der Waals surface area contributed by atoms with Gasteiger partial charge in [0.25, 0.3) is 0 Å². The predicted molar refractivity (Wildman–Crippen MR) is 130 cm³/mol. The number of anilines is 1. The lowest BCUT2D eigenvalue weighted by Crippen LogP contribution is -2.30. The second-order valence-corrected chi connectivity index (χ2v) is 8.48. The van der Waals surface area contributed by atoms with Crippen molar-refractivity contribution >= 4 is 23.0 Å². The Morgan fingerprint density at radius 3 is 2.45 bits per heavy atom. The number of para-hydroxylation sites is 1. The van der Waals surface area contributed by atoms with Crippen LogP contribution in [0.25, 0.3) is 5.69 Å². The third-order valence-corrected chi connectivity index (χ3v) is 6.38. The Bertz CT molecular complexity index is 1340. The predicted octanol–water partition coefficient (Wildman–Crippen LogP) is 5.94. The minimum absolute atomic E-state index is 0.292. The molecule has 2 atom stereocenters. The molecule has 1 fully saturated rings. The van der Waals surface area contributed by atoms with Crippen LogP contribution in [-0.4, -0.2) is 14.7 Å². The van der Waals surface area contributed by atoms with E-state index in [1.807, 2.05) is 47.6 Å². The third kappa shape index (κ3) is 3.68. The quantitative estimate of drug-likeness (QED) is 0.382. The molecule has 0 amide bonds. The van der Waals surface area contributed by atoms with Crippen LogP contribution in [0.15, 0.2) is 79.0 Å². The highest BCUT2D eigenvalue weighted by atomic mass is 32.1. The fourth-order valence-corrected chi connectivity index (χ4v) is 5.02. The average molecular weight is 461 g/mol. The van der Waals surface area contributed by atoms with Crippen molar-refractivity contribution in [2.45, 2.75) is 25.9 Å². The highest BCUT2D eigenvalue weighted by Gasteiger charge is 2.43. The van der Waals surface area contributed by atoms with E-state index in [4.69, 9.17) is 12.2 Å². The van der Waals surface area contributed by atoms with Crippen LogP contribution in [0.1, 0.15) is 34.7 Å². The lowest BCUT2D eigenvalue weighted by molar-refractivity contribution is 0.556. The molecule has 1 aliphatic heterocycles. The van der Waals surface area contributed by atoms with Gasteiger partial charge in [-0.1, -0.05) is 24.3 Å². The molecule has 0 radical (unpaired) electrons. The Morgan fingerprint density at radius 1 is 0.939 bits per heavy atom. The van der Waals surface area contributed by atoms with E-state index in [1.54, 1.807) is 30.5 Å². The first-order valence-electron chi connectivity index (χ1n) is 10.7. The molecule has 0 unspecified atom stereocenters. The van der Waals surface area contributed by atoms with Gasteiger partial charge in [0, 0.05) is 23.3 Å². The zero-order valence-corrected chi connectivity index (χ0v) is 19.0. The van der Waals surface area contributed by atoms with E-state index in [-0.39, 0.29) is 23.7 Å². The molecule has 0 aliphatic carbocycles. The number of benzene rings is 2. The van der Waals surface area contributed by atoms with E-state index in [1.165, 1.54) is 18.2 Å². The standard InChI is InChI=1S/C26H22F2N4S/c1-16-14-20(17(2)31(16)19-9-7-8-18(27)15-19)25-24(22-11-5-6-13-29-22)30-26(33)32(25)23-12-4-3-10-21(23)28/h3-15,24-25H,1-2H3,(H,30,33)/t24-,25-/m0/s1. The smallest absolute Gasteiger partial charge is 0.174 e. The van der Waals surface area contributed by atoms with Gasteiger partial charge in [-0.3, -0.25) is 4.98 Å². The first-order chi connectivity index (χ1) is 16.0. The molecule has 33 heavy (non-hydrogen) atoms. The molecule has 7 heteroatoms. The van der Waals surface area contributed by atoms with E-state index in [0.29, 0.717) is 10.8 Å². The fourth-order valence-electron chi connectivity index (χ4n) is 4.68. The van der Waals surface area contributed by atoms with Crippen molar-refractivity contribution in [3.63, 3.8) is 0 Å². The zero-order valence-electron chi connectivity index (χ0n) is 18.2. The number of rotatable bonds is 4. The Balaban J connectivity index is 1.70. The summed E-state index contributed by atoms with van der Waals surface area (Å²) in [5.41, 5.74) is 4.77. The molecule has 0 bridgehead atoms. The second-order valence-electron chi connectivity index (χ2n) is 8.09. The molecule has 4 nitrogen and oxygen atoms in total. The Morgan fingerprint density at radius 2 is 1.73 bits per heavy atom. The van der Waals surface area contributed by atoms with E-state index in [9.17, 15) is 8.78 Å². The van der Waals surface area contributed by atoms with E-state index in [2.05, 4.69) is 16.4 Å². The van der Waals surface area contributed by atoms with Crippen LogP contribution in [0.2, 0.25) is 0 Å². The summed E-state index contributed by atoms with van der Waals surface area (Å²) in [7, 11) is 0. The van der Waals surface area contributed by atoms with Crippen LogP contribution in [0, 0.1) is 25.5 Å². The normalized spacial score (nSPS) is 17.9. The van der Waals surface area contributed by atoms with E-state index >= 15 is 0 Å². The Labute approximate surface area is 196 Å². The van der Waals surface area contributed by atoms with Crippen LogP contribution in [0.4, 0.5) is 14.5 Å². The monoisotopic (exact) mass is 460 g/mol. The number of aromatic nitrogens is 2. The van der Waals surface area contributed by atoms with Crippen molar-refractivity contribution in [3.05, 3.63) is 113 Å². The molecule has 1 aliphatic rings. The van der Waals surface area contributed by atoms with Crippen molar-refractivity contribution in [3.8, 4) is 5.69 Å². The first kappa shape index (κ1) is 21.3. The maximum atomic E-state index is 14.9. The highest BCUT2D eigenvalue weighted by Crippen LogP contribution is 2.44. The van der Waals surface area contributed by atoms with Crippen molar-refractivity contribution in [1.29, 1.82) is 0 Å². The Hall–Kier alpha value is -3.58. The van der Waals surface area contributed by atoms with E-state index in [0.717, 1.165) is 28.3 Å². The number of halogens is 2. The summed E-state index contributed by atoms with van der Waals surface area (Å²) in [5.74, 6) is -0.656. The molecular formula is C26H22F2N4S. The van der Waals surface area contributed by atoms with Gasteiger partial charge < -0.3 is 14.8 Å². The lowest BCUT2D eigenvalue weighted by atomic mass is 9.96. The largest absolute Gasteiger partial charge is 0.351 e. The molecule has 1 N–H and O–H groups in total. The fraction of sp³-hybridized carbons (Fsp3) is 0.154. The van der Waals surface area contributed by atoms with Crippen LogP contribution < -0.4 is 10.2 Å². The van der Waals surface area contributed by atoms with Gasteiger partial charge in [-0.2, -0.15) is 0 Å². The number of hydrogen-bond acceptors (Lipinski definition) is 2. The van der Waals surface area contributed by atoms with Gasteiger partial charge in [0.1, 0.15) is 11.6 Å². The summed E-state index contributed by atoms with van der Waals surface area (Å²) in [4.78, 5) is 6.37. The van der Waals surface area contributed by atoms with Crippen molar-refractivity contribution in [2.24, 2.45) is 0 Å². The molecule has 5 rings (SSSR count). The molecule has 0 saturated carbocycles. The molecule has 2 aromatic heterocycles. The topological polar surface area (TPSA) is 33.1 Å². The molecule has 2 aromatic carbocycles. The van der Waals surface area contributed by atoms with Gasteiger partial charge in [-0.25, -0.2) is 8.78 Å². The van der Waals surface area contributed by atoms with Gasteiger partial charge >= 0.3 is 0 Å². The average Bonchev–Trinajstić information content (AvgIpc) is 3.30. The number of nitrogens with one attached hydrogen (secondary N) is 1. The minimum Gasteiger partial charge on any atom is -0.351 e. The van der Waals surface area contributed by atoms with Crippen molar-refractivity contribution in [2.75, 3.05) is 4.90 Å². The van der Waals surface area contributed by atoms with Gasteiger partial charge in [0.15, 0.2) is 5.11 Å². The number of hydrogen-bond donors (Lipinski definition) is 1. The summed E-state index contributed by atoms with van der Waals surface area (Å²) >= 11 is 5.69. The van der Waals surface area contributed by atoms with Crippen LogP contribution >= 0.6 is 12.2 Å². The van der Waals surface area contributed by atoms with Crippen molar-refractivity contribution < 1.29 is 8.78 Å². The minimum atomic E-state index is -0.354. The van der Waals surface area contributed by atoms with Gasteiger partial charge in [0.2, 0.25) is 0 Å². The zero-order chi connectivity index (χ0) is 23.1. The molecule has 0 spiro atoms. The van der Waals surface area contributed by atoms with Gasteiger partial charge in [-0.05, 0) is 80.2 Å². The third-order valence-electron chi connectivity index (χ3n) is 6.07. The van der Waals surface area contributed by atoms with E-state index < -0.39 is 0 Å². The summed E-state index contributed by atoms with van der Waals surface area (Å²) in [6, 6.07) is 20.2. The SMILES string of the molecule is Cc1cc([C@H]2[C@H](c3ccccn3)NC(=S)N2c2ccccc2F)c(C)n1-c1cccc(F)c1. The molecule has 1 saturated heterocycles. The maximum Gasteiger partial charge on any atom is 0.174 e. The summed E-state index contributed by atoms with van der Waals surface area (Å²) in [5, 5.41) is 3.79. The van der Waals surface area contributed by atoms with Crippen LogP contribution in [-0.2, 0) is 0 Å². The summed E-state index contributed by atoms with van der Waals surface area (Å²) in [6.45, 7) is 3.97. The molecular weight excluding hydrogens is 438 g/mol. The summed E-state index contributed by atoms with van der Waals surface area (Å²) < 4.78 is 30.9. The van der Waals surface area contributed by atoms with Gasteiger partial charge in [0.05, 0.1) is 23.5 Å². The number of nitrogens with zero attached hydrogens (tertiary/aromatic N) is 3. The molecule has 4 aromatic rings. The van der Waals surface area contributed by atoms with Crippen LogP contribution in [0.5, 0.6) is 0 Å². The summed E-state index contributed by atoms with van der Waals surface area (Å²) in [6.07, 6.45) is 1.74. The molecule has 166 valence electrons. The number of aryl methyl sites for hydroxylation is 1. The Kier molecular flexibility index (Phi) is 5.42. The second kappa shape index (κ2) is 8.41. The molecule has 3 heterocycles. The lowest BCUT2D eigenvalue weighted by Gasteiger charge is -2.28. The van der Waals surface area contributed by atoms with Crippen molar-refractivity contribution in [1.82, 2.24) is 14.9 Å².